The van der Waals surface area contributed by atoms with Gasteiger partial charge in [-0.2, -0.15) is 5.26 Å². The molecule has 4 aromatic heterocycles. The van der Waals surface area contributed by atoms with Crippen molar-refractivity contribution < 1.29 is 9.13 Å². The Morgan fingerprint density at radius 3 is 2.55 bits per heavy atom. The number of halogens is 1. The van der Waals surface area contributed by atoms with Crippen LogP contribution < -0.4 is 15.8 Å². The third-order valence-electron chi connectivity index (χ3n) is 8.32. The summed E-state index contributed by atoms with van der Waals surface area (Å²) in [5.74, 6) is 1.84. The van der Waals surface area contributed by atoms with Crippen LogP contribution in [0.25, 0.3) is 39.5 Å². The second kappa shape index (κ2) is 12.8. The van der Waals surface area contributed by atoms with Gasteiger partial charge >= 0.3 is 0 Å². The maximum Gasteiger partial charge on any atom is 0.234 e. The van der Waals surface area contributed by atoms with Gasteiger partial charge in [0.15, 0.2) is 11.5 Å². The van der Waals surface area contributed by atoms with Gasteiger partial charge in [-0.05, 0) is 73.0 Å². The Labute approximate surface area is 270 Å². The summed E-state index contributed by atoms with van der Waals surface area (Å²) < 4.78 is 21.4. The smallest absolute Gasteiger partial charge is 0.234 e. The highest BCUT2D eigenvalue weighted by molar-refractivity contribution is 5.85. The number of nitrogens with zero attached hydrogens (tertiary/aromatic N) is 8. The number of anilines is 2. The summed E-state index contributed by atoms with van der Waals surface area (Å²) in [5.41, 5.74) is 11.7. The van der Waals surface area contributed by atoms with Gasteiger partial charge in [-0.15, -0.1) is 0 Å². The highest BCUT2D eigenvalue weighted by Gasteiger charge is 2.22. The van der Waals surface area contributed by atoms with E-state index in [0.29, 0.717) is 51.2 Å². The number of likely N-dealkylation sites (tertiary alicyclic amines) is 1. The molecule has 1 saturated heterocycles. The number of nitrogens with one attached hydrogen (secondary N) is 1. The molecule has 7 rings (SSSR count). The second-order valence-corrected chi connectivity index (χ2v) is 11.3. The van der Waals surface area contributed by atoms with Gasteiger partial charge in [-0.3, -0.25) is 9.47 Å². The molecule has 1 fully saturated rings. The molecule has 1 aliphatic rings. The van der Waals surface area contributed by atoms with Crippen LogP contribution in [0, 0.1) is 17.1 Å². The number of fused-ring (bicyclic) bond motifs is 1. The Hall–Kier alpha value is -5.93. The van der Waals surface area contributed by atoms with Crippen LogP contribution in [-0.4, -0.2) is 60.6 Å². The van der Waals surface area contributed by atoms with Crippen LogP contribution in [0.5, 0.6) is 5.75 Å². The molecule has 11 nitrogen and oxygen atoms in total. The van der Waals surface area contributed by atoms with Crippen LogP contribution in [0.2, 0.25) is 0 Å². The molecule has 47 heavy (non-hydrogen) atoms. The monoisotopic (exact) mass is 626 g/mol. The first-order valence-corrected chi connectivity index (χ1v) is 15.2. The minimum Gasteiger partial charge on any atom is -0.496 e. The van der Waals surface area contributed by atoms with Crippen LogP contribution >= 0.6 is 0 Å². The molecule has 0 aliphatic carbocycles. The van der Waals surface area contributed by atoms with E-state index in [4.69, 9.17) is 25.7 Å². The van der Waals surface area contributed by atoms with E-state index in [-0.39, 0.29) is 17.7 Å². The molecule has 12 heteroatoms. The number of ether oxygens (including phenoxy) is 1. The van der Waals surface area contributed by atoms with Crippen molar-refractivity contribution in [3.63, 3.8) is 0 Å². The van der Waals surface area contributed by atoms with Gasteiger partial charge in [0, 0.05) is 55.4 Å². The van der Waals surface area contributed by atoms with Crippen molar-refractivity contribution in [1.82, 2.24) is 34.4 Å². The van der Waals surface area contributed by atoms with E-state index in [1.54, 1.807) is 24.5 Å². The SMILES string of the molecule is COc1cc(F)ccc1-c1ccc2nc(-c3cccnc3N)n(-c3ccc(CN4CCC(Nc5ccnc(C#N)n5)CC4)cc3)c2n1. The minimum absolute atomic E-state index is 0.167. The first-order valence-electron chi connectivity index (χ1n) is 15.2. The Kier molecular flexibility index (Phi) is 8.12. The Morgan fingerprint density at radius 1 is 0.957 bits per heavy atom. The van der Waals surface area contributed by atoms with Gasteiger partial charge in [-0.25, -0.2) is 29.3 Å². The highest BCUT2D eigenvalue weighted by atomic mass is 19.1. The third kappa shape index (κ3) is 6.16. The van der Waals surface area contributed by atoms with Crippen molar-refractivity contribution in [3.05, 3.63) is 102 Å². The Balaban J connectivity index is 1.15. The molecule has 0 unspecified atom stereocenters. The summed E-state index contributed by atoms with van der Waals surface area (Å²) >= 11 is 0. The zero-order chi connectivity index (χ0) is 32.3. The summed E-state index contributed by atoms with van der Waals surface area (Å²) in [6, 6.07) is 24.3. The zero-order valence-electron chi connectivity index (χ0n) is 25.6. The molecule has 0 saturated carbocycles. The topological polar surface area (TPSA) is 144 Å². The lowest BCUT2D eigenvalue weighted by atomic mass is 10.0. The van der Waals surface area contributed by atoms with E-state index in [0.717, 1.165) is 38.2 Å². The fourth-order valence-electron chi connectivity index (χ4n) is 5.96. The molecule has 2 aromatic carbocycles. The first kappa shape index (κ1) is 29.8. The van der Waals surface area contributed by atoms with Gasteiger partial charge in [0.25, 0.3) is 0 Å². The quantitative estimate of drug-likeness (QED) is 0.219. The van der Waals surface area contributed by atoms with Gasteiger partial charge in [-0.1, -0.05) is 12.1 Å². The number of benzene rings is 2. The predicted octanol–water partition coefficient (Wildman–Crippen LogP) is 5.62. The molecule has 6 aromatic rings. The number of nitriles is 1. The maximum absolute atomic E-state index is 14.0. The van der Waals surface area contributed by atoms with Gasteiger partial charge in [0.05, 0.1) is 18.4 Å². The number of imidazole rings is 1. The van der Waals surface area contributed by atoms with Crippen LogP contribution in [0.4, 0.5) is 16.0 Å². The normalized spacial score (nSPS) is 13.8. The minimum atomic E-state index is -0.385. The molecular formula is C35H31FN10O. The fraction of sp³-hybridized carbons (Fsp3) is 0.200. The highest BCUT2D eigenvalue weighted by Crippen LogP contribution is 2.34. The zero-order valence-corrected chi connectivity index (χ0v) is 25.6. The van der Waals surface area contributed by atoms with Gasteiger partial charge in [0.2, 0.25) is 5.82 Å². The van der Waals surface area contributed by atoms with Crippen LogP contribution in [0.3, 0.4) is 0 Å². The number of aromatic nitrogens is 6. The van der Waals surface area contributed by atoms with Gasteiger partial charge in [0.1, 0.15) is 34.8 Å². The second-order valence-electron chi connectivity index (χ2n) is 11.3. The van der Waals surface area contributed by atoms with Crippen LogP contribution in [-0.2, 0) is 6.54 Å². The summed E-state index contributed by atoms with van der Waals surface area (Å²) in [6.45, 7) is 2.69. The van der Waals surface area contributed by atoms with E-state index in [9.17, 15) is 4.39 Å². The average Bonchev–Trinajstić information content (AvgIpc) is 3.48. The number of nitrogen functional groups attached to an aromatic ring is 1. The van der Waals surface area contributed by atoms with Crippen molar-refractivity contribution in [3.8, 4) is 40.2 Å². The number of methoxy groups -OCH3 is 1. The molecule has 1 aliphatic heterocycles. The van der Waals surface area contributed by atoms with Crippen LogP contribution in [0.15, 0.2) is 85.2 Å². The molecular weight excluding hydrogens is 595 g/mol. The lowest BCUT2D eigenvalue weighted by molar-refractivity contribution is 0.211. The number of hydrogen-bond donors (Lipinski definition) is 2. The van der Waals surface area contributed by atoms with Crippen molar-refractivity contribution in [2.24, 2.45) is 0 Å². The van der Waals surface area contributed by atoms with Gasteiger partial charge < -0.3 is 15.8 Å². The molecule has 0 atom stereocenters. The van der Waals surface area contributed by atoms with Crippen molar-refractivity contribution in [2.45, 2.75) is 25.4 Å². The molecule has 0 bridgehead atoms. The molecule has 0 spiro atoms. The van der Waals surface area contributed by atoms with Crippen molar-refractivity contribution in [2.75, 3.05) is 31.2 Å². The van der Waals surface area contributed by atoms with E-state index >= 15 is 0 Å². The summed E-state index contributed by atoms with van der Waals surface area (Å²) in [7, 11) is 1.51. The number of hydrogen-bond acceptors (Lipinski definition) is 10. The average molecular weight is 627 g/mol. The Bertz CT molecular complexity index is 2100. The number of piperidine rings is 1. The van der Waals surface area contributed by atoms with E-state index in [2.05, 4.69) is 49.4 Å². The molecule has 0 radical (unpaired) electrons. The third-order valence-corrected chi connectivity index (χ3v) is 8.32. The fourth-order valence-corrected chi connectivity index (χ4v) is 5.96. The Morgan fingerprint density at radius 2 is 1.79 bits per heavy atom. The van der Waals surface area contributed by atoms with E-state index < -0.39 is 0 Å². The number of rotatable bonds is 8. The summed E-state index contributed by atoms with van der Waals surface area (Å²) in [6.07, 6.45) is 5.18. The molecule has 3 N–H and O–H groups in total. The molecule has 5 heterocycles. The summed E-state index contributed by atoms with van der Waals surface area (Å²) in [4.78, 5) is 24.8. The number of pyridine rings is 2. The van der Waals surface area contributed by atoms with E-state index in [1.807, 2.05) is 34.9 Å². The van der Waals surface area contributed by atoms with Crippen molar-refractivity contribution in [1.29, 1.82) is 5.26 Å². The van der Waals surface area contributed by atoms with E-state index in [1.165, 1.54) is 24.8 Å². The lowest BCUT2D eigenvalue weighted by Crippen LogP contribution is -2.38. The maximum atomic E-state index is 14.0. The predicted molar refractivity (Wildman–Crippen MR) is 177 cm³/mol. The van der Waals surface area contributed by atoms with Crippen molar-refractivity contribution >= 4 is 22.8 Å². The largest absolute Gasteiger partial charge is 0.496 e. The van der Waals surface area contributed by atoms with Crippen LogP contribution in [0.1, 0.15) is 24.2 Å². The first-order chi connectivity index (χ1) is 23.0. The standard InChI is InChI=1S/C35H31FN10O/c1-47-30-19-23(36)6-9-26(30)28-10-11-29-35(42-28)46(34(43-29)27-3-2-15-40-33(27)38)25-7-4-22(5-8-25)21-45-17-13-24(14-18-45)41-31-12-16-39-32(20-37)44-31/h2-12,15-16,19,24H,13-14,17-18,21H2,1H3,(H2,38,40)(H,39,41,44). The summed E-state index contributed by atoms with van der Waals surface area (Å²) in [5, 5.41) is 12.5. The molecule has 234 valence electrons. The lowest BCUT2D eigenvalue weighted by Gasteiger charge is -2.32. The number of nitrogens with two attached hydrogens (primary N) is 1. The molecule has 0 amide bonds.